The van der Waals surface area contributed by atoms with Crippen LogP contribution >= 0.6 is 0 Å². The van der Waals surface area contributed by atoms with Crippen molar-refractivity contribution >= 4 is 16.9 Å². The number of benzene rings is 2. The maximum absolute atomic E-state index is 13.8. The van der Waals surface area contributed by atoms with Gasteiger partial charge in [0.05, 0.1) is 17.6 Å². The van der Waals surface area contributed by atoms with Crippen LogP contribution in [0.1, 0.15) is 75.1 Å². The topological polar surface area (TPSA) is 50.2 Å². The summed E-state index contributed by atoms with van der Waals surface area (Å²) in [6.07, 6.45) is 4.72. The molecule has 1 fully saturated rings. The fraction of sp³-hybridized carbons (Fsp3) is 0.533. The molecule has 1 aromatic heterocycles. The summed E-state index contributed by atoms with van der Waals surface area (Å²) in [5.41, 5.74) is 4.13. The van der Waals surface area contributed by atoms with Gasteiger partial charge in [0, 0.05) is 25.2 Å². The van der Waals surface area contributed by atoms with Gasteiger partial charge in [0.25, 0.3) is 5.91 Å². The van der Waals surface area contributed by atoms with Crippen LogP contribution in [0.4, 0.5) is 0 Å². The van der Waals surface area contributed by atoms with Crippen LogP contribution in [-0.2, 0) is 19.6 Å². The molecule has 0 bridgehead atoms. The van der Waals surface area contributed by atoms with E-state index < -0.39 is 0 Å². The number of nitrogens with one attached hydrogen (secondary N) is 1. The largest absolute Gasteiger partial charge is 0.331 e. The predicted molar refractivity (Wildman–Crippen MR) is 144 cm³/mol. The first-order valence-corrected chi connectivity index (χ1v) is 13.4. The summed E-state index contributed by atoms with van der Waals surface area (Å²) in [7, 11) is 0. The Morgan fingerprint density at radius 1 is 1.06 bits per heavy atom. The Kier molecular flexibility index (Phi) is 8.61. The number of para-hydroxylation sites is 2. The number of nitrogens with zero attached hydrogens (tertiary/aromatic N) is 3. The third-order valence-corrected chi connectivity index (χ3v) is 6.87. The first-order chi connectivity index (χ1) is 16.9. The standard InChI is InChI=1S/C30H42N4O/c1-22(2)14-16-31-19-25-8-7-9-26(18-25)30(35)33(17-15-23(3)4)21-29-32-27-10-5-6-11-28(27)34(29)20-24-12-13-24/h5-11,18,22-24,31H,12-17,19-21H2,1-4H3. The molecule has 188 valence electrons. The number of fused-ring (bicyclic) bond motifs is 1. The van der Waals surface area contributed by atoms with Gasteiger partial charge in [-0.15, -0.1) is 0 Å². The lowest BCUT2D eigenvalue weighted by Crippen LogP contribution is -2.33. The highest BCUT2D eigenvalue weighted by Gasteiger charge is 2.26. The van der Waals surface area contributed by atoms with Gasteiger partial charge in [-0.3, -0.25) is 4.79 Å². The molecule has 1 N–H and O–H groups in total. The fourth-order valence-electron chi connectivity index (χ4n) is 4.47. The molecule has 5 heteroatoms. The molecule has 0 spiro atoms. The van der Waals surface area contributed by atoms with E-state index in [1.807, 2.05) is 23.1 Å². The molecule has 0 unspecified atom stereocenters. The van der Waals surface area contributed by atoms with Crippen molar-refractivity contribution in [3.05, 3.63) is 65.5 Å². The van der Waals surface area contributed by atoms with E-state index in [-0.39, 0.29) is 5.91 Å². The number of carbonyl (C=O) groups excluding carboxylic acids is 1. The van der Waals surface area contributed by atoms with Gasteiger partial charge in [0.1, 0.15) is 5.82 Å². The maximum atomic E-state index is 13.8. The molecule has 2 aromatic carbocycles. The Morgan fingerprint density at radius 3 is 2.57 bits per heavy atom. The summed E-state index contributed by atoms with van der Waals surface area (Å²) < 4.78 is 2.36. The van der Waals surface area contributed by atoms with Crippen molar-refractivity contribution in [1.29, 1.82) is 0 Å². The summed E-state index contributed by atoms with van der Waals surface area (Å²) >= 11 is 0. The van der Waals surface area contributed by atoms with Gasteiger partial charge in [-0.05, 0) is 79.8 Å². The Balaban J connectivity index is 1.54. The van der Waals surface area contributed by atoms with Crippen LogP contribution < -0.4 is 5.32 Å². The molecule has 0 aliphatic heterocycles. The number of hydrogen-bond donors (Lipinski definition) is 1. The van der Waals surface area contributed by atoms with Crippen molar-refractivity contribution in [2.75, 3.05) is 13.1 Å². The molecule has 1 aliphatic rings. The highest BCUT2D eigenvalue weighted by molar-refractivity contribution is 5.94. The molecule has 0 radical (unpaired) electrons. The molecule has 0 saturated heterocycles. The molecular weight excluding hydrogens is 432 g/mol. The molecule has 1 aliphatic carbocycles. The Hall–Kier alpha value is -2.66. The second-order valence-electron chi connectivity index (χ2n) is 11.0. The van der Waals surface area contributed by atoms with E-state index in [9.17, 15) is 4.79 Å². The zero-order valence-electron chi connectivity index (χ0n) is 22.0. The van der Waals surface area contributed by atoms with Crippen LogP contribution in [0.2, 0.25) is 0 Å². The maximum Gasteiger partial charge on any atom is 0.254 e. The summed E-state index contributed by atoms with van der Waals surface area (Å²) in [4.78, 5) is 20.7. The van der Waals surface area contributed by atoms with Gasteiger partial charge in [-0.2, -0.15) is 0 Å². The van der Waals surface area contributed by atoms with Gasteiger partial charge in [-0.25, -0.2) is 4.98 Å². The summed E-state index contributed by atoms with van der Waals surface area (Å²) in [6, 6.07) is 16.5. The van der Waals surface area contributed by atoms with Crippen LogP contribution in [0, 0.1) is 17.8 Å². The zero-order chi connectivity index (χ0) is 24.8. The Bertz CT molecular complexity index is 1110. The number of aromatic nitrogens is 2. The molecule has 1 saturated carbocycles. The van der Waals surface area contributed by atoms with Crippen molar-refractivity contribution < 1.29 is 4.79 Å². The molecule has 1 heterocycles. The van der Waals surface area contributed by atoms with Crippen molar-refractivity contribution in [1.82, 2.24) is 19.8 Å². The van der Waals surface area contributed by atoms with E-state index >= 15 is 0 Å². The molecule has 3 aromatic rings. The van der Waals surface area contributed by atoms with Gasteiger partial charge in [0.2, 0.25) is 0 Å². The summed E-state index contributed by atoms with van der Waals surface area (Å²) in [6.45, 7) is 13.0. The average molecular weight is 475 g/mol. The van der Waals surface area contributed by atoms with E-state index in [2.05, 4.69) is 67.9 Å². The van der Waals surface area contributed by atoms with Gasteiger partial charge in [-0.1, -0.05) is 52.0 Å². The van der Waals surface area contributed by atoms with E-state index in [0.717, 1.165) is 67.4 Å². The number of carbonyl (C=O) groups is 1. The summed E-state index contributed by atoms with van der Waals surface area (Å²) in [5, 5.41) is 3.52. The predicted octanol–water partition coefficient (Wildman–Crippen LogP) is 6.27. The minimum absolute atomic E-state index is 0.0970. The second kappa shape index (κ2) is 11.9. The van der Waals surface area contributed by atoms with Crippen LogP contribution in [0.3, 0.4) is 0 Å². The third kappa shape index (κ3) is 7.17. The molecular formula is C30H42N4O. The molecule has 4 rings (SSSR count). The molecule has 0 atom stereocenters. The first kappa shape index (κ1) is 25.4. The zero-order valence-corrected chi connectivity index (χ0v) is 22.0. The lowest BCUT2D eigenvalue weighted by molar-refractivity contribution is 0.0729. The lowest BCUT2D eigenvalue weighted by atomic mass is 10.1. The van der Waals surface area contributed by atoms with Crippen molar-refractivity contribution in [2.24, 2.45) is 17.8 Å². The minimum Gasteiger partial charge on any atom is -0.331 e. The highest BCUT2D eigenvalue weighted by atomic mass is 16.2. The van der Waals surface area contributed by atoms with Crippen LogP contribution in [0.25, 0.3) is 11.0 Å². The average Bonchev–Trinajstić information content (AvgIpc) is 3.60. The molecule has 1 amide bonds. The van der Waals surface area contributed by atoms with Gasteiger partial charge < -0.3 is 14.8 Å². The number of amides is 1. The smallest absolute Gasteiger partial charge is 0.254 e. The number of rotatable bonds is 13. The Morgan fingerprint density at radius 2 is 1.83 bits per heavy atom. The number of imidazole rings is 1. The highest BCUT2D eigenvalue weighted by Crippen LogP contribution is 2.32. The molecule has 35 heavy (non-hydrogen) atoms. The lowest BCUT2D eigenvalue weighted by Gasteiger charge is -2.24. The van der Waals surface area contributed by atoms with E-state index in [0.29, 0.717) is 18.4 Å². The van der Waals surface area contributed by atoms with Gasteiger partial charge >= 0.3 is 0 Å². The third-order valence-electron chi connectivity index (χ3n) is 6.87. The van der Waals surface area contributed by atoms with Crippen molar-refractivity contribution in [3.8, 4) is 0 Å². The normalized spacial score (nSPS) is 13.8. The van der Waals surface area contributed by atoms with E-state index in [1.165, 1.54) is 18.4 Å². The van der Waals surface area contributed by atoms with Crippen LogP contribution in [0.15, 0.2) is 48.5 Å². The van der Waals surface area contributed by atoms with Crippen LogP contribution in [0.5, 0.6) is 0 Å². The van der Waals surface area contributed by atoms with E-state index in [1.54, 1.807) is 0 Å². The van der Waals surface area contributed by atoms with E-state index in [4.69, 9.17) is 4.98 Å². The first-order valence-electron chi connectivity index (χ1n) is 13.4. The second-order valence-corrected chi connectivity index (χ2v) is 11.0. The number of hydrogen-bond acceptors (Lipinski definition) is 3. The minimum atomic E-state index is 0.0970. The quantitative estimate of drug-likeness (QED) is 0.297. The van der Waals surface area contributed by atoms with Crippen molar-refractivity contribution in [3.63, 3.8) is 0 Å². The molecule has 5 nitrogen and oxygen atoms in total. The fourth-order valence-corrected chi connectivity index (χ4v) is 4.47. The SMILES string of the molecule is CC(C)CCNCc1cccc(C(=O)N(CCC(C)C)Cc2nc3ccccc3n2CC2CC2)c1. The Labute approximate surface area is 210 Å². The summed E-state index contributed by atoms with van der Waals surface area (Å²) in [5.74, 6) is 3.06. The van der Waals surface area contributed by atoms with Crippen molar-refractivity contribution in [2.45, 2.75) is 73.0 Å². The van der Waals surface area contributed by atoms with Gasteiger partial charge in [0.15, 0.2) is 0 Å². The monoisotopic (exact) mass is 474 g/mol. The van der Waals surface area contributed by atoms with Crippen LogP contribution in [-0.4, -0.2) is 33.4 Å².